The van der Waals surface area contributed by atoms with Gasteiger partial charge in [-0.3, -0.25) is 4.99 Å². The summed E-state index contributed by atoms with van der Waals surface area (Å²) in [7, 11) is 0. The first-order chi connectivity index (χ1) is 24.3. The lowest BCUT2D eigenvalue weighted by molar-refractivity contribution is 0.664. The maximum Gasteiger partial charge on any atom is 0.145 e. The number of benzene rings is 8. The van der Waals surface area contributed by atoms with Gasteiger partial charge in [0.25, 0.3) is 0 Å². The molecule has 1 aromatic heterocycles. The van der Waals surface area contributed by atoms with Crippen molar-refractivity contribution >= 4 is 65.5 Å². The van der Waals surface area contributed by atoms with E-state index in [1.807, 2.05) is 6.07 Å². The Balaban J connectivity index is 1.19. The topological polar surface area (TPSA) is 29.3 Å². The number of fused-ring (bicyclic) bond motifs is 10. The molecule has 2 heterocycles. The van der Waals surface area contributed by atoms with Crippen molar-refractivity contribution in [2.24, 2.45) is 4.99 Å². The predicted octanol–water partition coefficient (Wildman–Crippen LogP) is 11.4. The third-order valence-electron chi connectivity index (χ3n) is 9.99. The fraction of sp³-hybridized carbons (Fsp3) is 0.0217. The van der Waals surface area contributed by atoms with E-state index in [9.17, 15) is 0 Å². The molecule has 0 spiro atoms. The van der Waals surface area contributed by atoms with Crippen LogP contribution in [0.3, 0.4) is 0 Å². The van der Waals surface area contributed by atoms with E-state index in [4.69, 9.17) is 4.99 Å². The third-order valence-corrected chi connectivity index (χ3v) is 9.99. The van der Waals surface area contributed by atoms with Crippen LogP contribution in [0.5, 0.6) is 0 Å². The quantitative estimate of drug-likeness (QED) is 0.194. The van der Waals surface area contributed by atoms with Gasteiger partial charge in [0.05, 0.1) is 16.7 Å². The van der Waals surface area contributed by atoms with Gasteiger partial charge < -0.3 is 9.88 Å². The number of aliphatic imine (C=N–C) groups is 1. The lowest BCUT2D eigenvalue weighted by Crippen LogP contribution is -2.24. The maximum atomic E-state index is 5.22. The van der Waals surface area contributed by atoms with Crippen LogP contribution >= 0.6 is 0 Å². The highest BCUT2D eigenvalue weighted by Gasteiger charge is 2.22. The molecule has 0 saturated carbocycles. The van der Waals surface area contributed by atoms with Crippen molar-refractivity contribution < 1.29 is 0 Å². The van der Waals surface area contributed by atoms with Crippen LogP contribution in [0.1, 0.15) is 22.9 Å². The number of aromatic nitrogens is 1. The molecule has 0 fully saturated rings. The van der Waals surface area contributed by atoms with Crippen LogP contribution in [0.4, 0.5) is 0 Å². The number of rotatable bonds is 4. The molecule has 230 valence electrons. The van der Waals surface area contributed by atoms with Crippen LogP contribution < -0.4 is 5.32 Å². The summed E-state index contributed by atoms with van der Waals surface area (Å²) in [5.41, 5.74) is 8.97. The predicted molar refractivity (Wildman–Crippen MR) is 207 cm³/mol. The molecule has 9 aromatic rings. The minimum Gasteiger partial charge on any atom is -0.360 e. The molecule has 1 unspecified atom stereocenters. The van der Waals surface area contributed by atoms with Crippen LogP contribution in [0.15, 0.2) is 181 Å². The van der Waals surface area contributed by atoms with Crippen molar-refractivity contribution in [1.82, 2.24) is 9.88 Å². The van der Waals surface area contributed by atoms with Gasteiger partial charge in [-0.15, -0.1) is 0 Å². The van der Waals surface area contributed by atoms with Crippen molar-refractivity contribution in [3.05, 3.63) is 193 Å². The lowest BCUT2D eigenvalue weighted by Gasteiger charge is -2.25. The number of nitrogens with one attached hydrogen (secondary N) is 1. The van der Waals surface area contributed by atoms with E-state index in [0.29, 0.717) is 0 Å². The van der Waals surface area contributed by atoms with Gasteiger partial charge in [-0.05, 0) is 67.9 Å². The van der Waals surface area contributed by atoms with Crippen LogP contribution in [-0.4, -0.2) is 10.3 Å². The van der Waals surface area contributed by atoms with Crippen molar-refractivity contribution in [1.29, 1.82) is 0 Å². The Bertz CT molecular complexity index is 2770. The summed E-state index contributed by atoms with van der Waals surface area (Å²) in [5.74, 6) is 0. The van der Waals surface area contributed by atoms with E-state index in [1.165, 1.54) is 54.1 Å². The zero-order valence-corrected chi connectivity index (χ0v) is 26.7. The van der Waals surface area contributed by atoms with E-state index in [2.05, 4.69) is 180 Å². The molecule has 1 aliphatic rings. The van der Waals surface area contributed by atoms with Crippen molar-refractivity contribution in [3.63, 3.8) is 0 Å². The molecule has 49 heavy (non-hydrogen) atoms. The normalized spacial score (nSPS) is 14.7. The highest BCUT2D eigenvalue weighted by Crippen LogP contribution is 2.44. The van der Waals surface area contributed by atoms with Gasteiger partial charge in [0.15, 0.2) is 0 Å². The van der Waals surface area contributed by atoms with Crippen LogP contribution in [0.25, 0.3) is 65.5 Å². The molecule has 0 radical (unpaired) electrons. The molecule has 1 aliphatic heterocycles. The summed E-state index contributed by atoms with van der Waals surface area (Å²) in [6, 6.07) is 61.0. The van der Waals surface area contributed by atoms with Gasteiger partial charge in [-0.25, -0.2) is 0 Å². The number of hydrogen-bond donors (Lipinski definition) is 1. The fourth-order valence-corrected chi connectivity index (χ4v) is 7.75. The molecule has 8 aromatic carbocycles. The molecular formula is C46H31N3. The average Bonchev–Trinajstić information content (AvgIpc) is 3.55. The minimum absolute atomic E-state index is 0.226. The minimum atomic E-state index is -0.226. The van der Waals surface area contributed by atoms with Gasteiger partial charge in [-0.1, -0.05) is 152 Å². The van der Waals surface area contributed by atoms with Crippen LogP contribution in [0.2, 0.25) is 0 Å². The van der Waals surface area contributed by atoms with Gasteiger partial charge >= 0.3 is 0 Å². The lowest BCUT2D eigenvalue weighted by atomic mass is 9.95. The molecule has 1 N–H and O–H groups in total. The van der Waals surface area contributed by atoms with E-state index in [0.717, 1.165) is 33.8 Å². The molecule has 10 rings (SSSR count). The number of allylic oxidation sites excluding steroid dienone is 1. The second-order valence-corrected chi connectivity index (χ2v) is 12.8. The summed E-state index contributed by atoms with van der Waals surface area (Å²) >= 11 is 0. The first-order valence-electron chi connectivity index (χ1n) is 16.8. The Labute approximate surface area is 284 Å². The average molecular weight is 626 g/mol. The first kappa shape index (κ1) is 27.6. The summed E-state index contributed by atoms with van der Waals surface area (Å²) in [6.45, 7) is 0. The summed E-state index contributed by atoms with van der Waals surface area (Å²) < 4.78 is 2.47. The molecule has 0 amide bonds. The van der Waals surface area contributed by atoms with E-state index in [-0.39, 0.29) is 6.17 Å². The highest BCUT2D eigenvalue weighted by atomic mass is 15.1. The van der Waals surface area contributed by atoms with E-state index in [1.54, 1.807) is 0 Å². The summed E-state index contributed by atoms with van der Waals surface area (Å²) in [6.07, 6.45) is 1.93. The molecule has 3 nitrogen and oxygen atoms in total. The third kappa shape index (κ3) is 4.40. The Morgan fingerprint density at radius 1 is 0.469 bits per heavy atom. The standard InChI is InChI=1S/C46H31N3/c1-3-14-31(15-4-1)40-29-41(32-16-5-2-6-17-32)48-46(47-40)33-23-26-34(27-24-33)49-42-28-25-30-13-7-8-18-35(30)43(42)44-38-21-11-9-19-36(38)37-20-10-12-22-39(37)45(44)49/h1-29,46-47H. The second kappa shape index (κ2) is 11.1. The zero-order valence-electron chi connectivity index (χ0n) is 26.7. The maximum absolute atomic E-state index is 5.22. The van der Waals surface area contributed by atoms with Crippen LogP contribution in [-0.2, 0) is 0 Å². The van der Waals surface area contributed by atoms with Gasteiger partial charge in [0, 0.05) is 27.5 Å². The molecule has 0 saturated heterocycles. The monoisotopic (exact) mass is 625 g/mol. The van der Waals surface area contributed by atoms with Gasteiger partial charge in [0.1, 0.15) is 6.17 Å². The molecule has 1 atom stereocenters. The van der Waals surface area contributed by atoms with E-state index < -0.39 is 0 Å². The van der Waals surface area contributed by atoms with Crippen molar-refractivity contribution in [2.75, 3.05) is 0 Å². The molecule has 0 bridgehead atoms. The first-order valence-corrected chi connectivity index (χ1v) is 16.8. The molecular weight excluding hydrogens is 595 g/mol. The van der Waals surface area contributed by atoms with Crippen molar-refractivity contribution in [2.45, 2.75) is 6.17 Å². The van der Waals surface area contributed by atoms with E-state index >= 15 is 0 Å². The molecule has 3 heteroatoms. The number of nitrogens with zero attached hydrogens (tertiary/aromatic N) is 2. The Kier molecular flexibility index (Phi) is 6.25. The fourth-order valence-electron chi connectivity index (χ4n) is 7.75. The van der Waals surface area contributed by atoms with Gasteiger partial charge in [-0.2, -0.15) is 0 Å². The highest BCUT2D eigenvalue weighted by molar-refractivity contribution is 6.35. The summed E-state index contributed by atoms with van der Waals surface area (Å²) in [4.78, 5) is 5.22. The van der Waals surface area contributed by atoms with Gasteiger partial charge in [0.2, 0.25) is 0 Å². The smallest absolute Gasteiger partial charge is 0.145 e. The Morgan fingerprint density at radius 3 is 1.80 bits per heavy atom. The van der Waals surface area contributed by atoms with Crippen molar-refractivity contribution in [3.8, 4) is 5.69 Å². The number of hydrogen-bond acceptors (Lipinski definition) is 2. The SMILES string of the molecule is C1=C(c2ccccc2)NC(c2ccc(-n3c4ccc5ccccc5c4c4c5ccccc5c5ccccc5c43)cc2)N=C1c1ccccc1. The zero-order chi connectivity index (χ0) is 32.3. The largest absolute Gasteiger partial charge is 0.360 e. The second-order valence-electron chi connectivity index (χ2n) is 12.8. The Hall–Kier alpha value is -6.45. The Morgan fingerprint density at radius 2 is 1.06 bits per heavy atom. The summed E-state index contributed by atoms with van der Waals surface area (Å²) in [5, 5.41) is 13.9. The molecule has 0 aliphatic carbocycles. The van der Waals surface area contributed by atoms with Crippen LogP contribution in [0, 0.1) is 0 Å².